The second-order valence-corrected chi connectivity index (χ2v) is 9.21. The fourth-order valence-corrected chi connectivity index (χ4v) is 4.80. The van der Waals surface area contributed by atoms with E-state index in [4.69, 9.17) is 5.26 Å². The third-order valence-electron chi connectivity index (χ3n) is 6.66. The number of alkyl halides is 3. The predicted octanol–water partition coefficient (Wildman–Crippen LogP) is 1.99. The zero-order chi connectivity index (χ0) is 25.3. The molecule has 2 heterocycles. The number of hydrogen-bond acceptors (Lipinski definition) is 5. The number of carbonyl (C=O) groups is 3. The van der Waals surface area contributed by atoms with Crippen LogP contribution in [-0.4, -0.2) is 73.8 Å². The second-order valence-electron chi connectivity index (χ2n) is 9.21. The summed E-state index contributed by atoms with van der Waals surface area (Å²) >= 11 is 0. The molecule has 1 aromatic carbocycles. The summed E-state index contributed by atoms with van der Waals surface area (Å²) in [5.41, 5.74) is -1.32. The zero-order valence-corrected chi connectivity index (χ0v) is 19.4. The standard InChI is InChI=1S/C23H28F3N5O3/c1-15(32)28-13-20(33)31-14-22(11-19(31)21(34)29(2)3)6-8-30(9-7-22)17-5-4-16(12-27)18(10-17)23(24,25)26/h4-5,10,19H,6-9,11,13-14H2,1-3H3,(H,28,32). The van der Waals surface area contributed by atoms with Gasteiger partial charge in [-0.1, -0.05) is 0 Å². The van der Waals surface area contributed by atoms with Gasteiger partial charge in [-0.05, 0) is 42.9 Å². The molecule has 2 aliphatic rings. The SMILES string of the molecule is CC(=O)NCC(=O)N1CC2(CCN(c3ccc(C#N)c(C(F)(F)F)c3)CC2)CC1C(=O)N(C)C. The molecule has 2 saturated heterocycles. The van der Waals surface area contributed by atoms with E-state index in [2.05, 4.69) is 5.32 Å². The third kappa shape index (κ3) is 5.26. The van der Waals surface area contributed by atoms with Crippen LogP contribution in [-0.2, 0) is 20.6 Å². The first kappa shape index (κ1) is 25.3. The Hall–Kier alpha value is -3.29. The number of amides is 3. The van der Waals surface area contributed by atoms with Crippen molar-refractivity contribution in [3.05, 3.63) is 29.3 Å². The first-order valence-electron chi connectivity index (χ1n) is 11.0. The first-order valence-corrected chi connectivity index (χ1v) is 11.0. The molecule has 34 heavy (non-hydrogen) atoms. The lowest BCUT2D eigenvalue weighted by Gasteiger charge is -2.40. The molecular weight excluding hydrogens is 451 g/mol. The van der Waals surface area contributed by atoms with Crippen LogP contribution in [0.3, 0.4) is 0 Å². The molecule has 0 radical (unpaired) electrons. The molecule has 2 fully saturated rings. The van der Waals surface area contributed by atoms with E-state index in [1.165, 1.54) is 28.9 Å². The van der Waals surface area contributed by atoms with Gasteiger partial charge in [-0.15, -0.1) is 0 Å². The molecule has 11 heteroatoms. The normalized spacial score (nSPS) is 19.6. The molecule has 1 unspecified atom stereocenters. The van der Waals surface area contributed by atoms with Gasteiger partial charge in [-0.2, -0.15) is 18.4 Å². The van der Waals surface area contributed by atoms with Gasteiger partial charge in [0.1, 0.15) is 6.04 Å². The molecule has 1 spiro atoms. The van der Waals surface area contributed by atoms with Crippen LogP contribution in [0.5, 0.6) is 0 Å². The van der Waals surface area contributed by atoms with Gasteiger partial charge in [0.25, 0.3) is 0 Å². The van der Waals surface area contributed by atoms with Crippen LogP contribution in [0.15, 0.2) is 18.2 Å². The van der Waals surface area contributed by atoms with E-state index in [1.807, 2.05) is 4.90 Å². The number of nitrogens with zero attached hydrogens (tertiary/aromatic N) is 4. The first-order chi connectivity index (χ1) is 15.9. The van der Waals surface area contributed by atoms with Crippen molar-refractivity contribution in [2.75, 3.05) is 45.2 Å². The molecule has 0 aliphatic carbocycles. The maximum Gasteiger partial charge on any atom is 0.417 e. The van der Waals surface area contributed by atoms with E-state index in [9.17, 15) is 27.6 Å². The van der Waals surface area contributed by atoms with Gasteiger partial charge in [0.05, 0.1) is 23.7 Å². The van der Waals surface area contributed by atoms with Crippen molar-refractivity contribution < 1.29 is 27.6 Å². The quantitative estimate of drug-likeness (QED) is 0.713. The van der Waals surface area contributed by atoms with Crippen molar-refractivity contribution in [1.82, 2.24) is 15.1 Å². The van der Waals surface area contributed by atoms with E-state index < -0.39 is 23.3 Å². The van der Waals surface area contributed by atoms with Gasteiger partial charge in [0.15, 0.2) is 0 Å². The summed E-state index contributed by atoms with van der Waals surface area (Å²) in [6.07, 6.45) is -2.98. The van der Waals surface area contributed by atoms with E-state index >= 15 is 0 Å². The summed E-state index contributed by atoms with van der Waals surface area (Å²) in [4.78, 5) is 41.6. The maximum absolute atomic E-state index is 13.4. The molecule has 1 aromatic rings. The topological polar surface area (TPSA) is 96.7 Å². The molecule has 2 aliphatic heterocycles. The minimum absolute atomic E-state index is 0.194. The lowest BCUT2D eigenvalue weighted by atomic mass is 9.76. The Labute approximate surface area is 196 Å². The van der Waals surface area contributed by atoms with E-state index in [0.717, 1.165) is 6.07 Å². The van der Waals surface area contributed by atoms with Crippen molar-refractivity contribution in [2.45, 2.75) is 38.4 Å². The number of halogens is 3. The van der Waals surface area contributed by atoms with Gasteiger partial charge in [-0.3, -0.25) is 14.4 Å². The van der Waals surface area contributed by atoms with Crippen molar-refractivity contribution in [3.63, 3.8) is 0 Å². The molecule has 184 valence electrons. The van der Waals surface area contributed by atoms with Crippen molar-refractivity contribution in [3.8, 4) is 6.07 Å². The minimum Gasteiger partial charge on any atom is -0.371 e. The number of likely N-dealkylation sites (N-methyl/N-ethyl adjacent to an activating group) is 1. The van der Waals surface area contributed by atoms with Gasteiger partial charge >= 0.3 is 6.18 Å². The van der Waals surface area contributed by atoms with Gasteiger partial charge in [-0.25, -0.2) is 0 Å². The van der Waals surface area contributed by atoms with E-state index in [0.29, 0.717) is 44.6 Å². The number of anilines is 1. The van der Waals surface area contributed by atoms with Gasteiger partial charge < -0.3 is 20.0 Å². The number of carbonyl (C=O) groups excluding carboxylic acids is 3. The highest BCUT2D eigenvalue weighted by Gasteiger charge is 2.50. The van der Waals surface area contributed by atoms with Crippen LogP contribution in [0.1, 0.15) is 37.3 Å². The highest BCUT2D eigenvalue weighted by atomic mass is 19.4. The fraction of sp³-hybridized carbons (Fsp3) is 0.565. The number of hydrogen-bond donors (Lipinski definition) is 1. The molecule has 3 rings (SSSR count). The van der Waals surface area contributed by atoms with Crippen LogP contribution >= 0.6 is 0 Å². The molecule has 8 nitrogen and oxygen atoms in total. The zero-order valence-electron chi connectivity index (χ0n) is 19.4. The van der Waals surface area contributed by atoms with Gasteiger partial charge in [0, 0.05) is 46.3 Å². The molecule has 0 saturated carbocycles. The summed E-state index contributed by atoms with van der Waals surface area (Å²) in [7, 11) is 3.24. The Morgan fingerprint density at radius 2 is 1.88 bits per heavy atom. The molecule has 0 aromatic heterocycles. The summed E-state index contributed by atoms with van der Waals surface area (Å²) in [5, 5.41) is 11.5. The smallest absolute Gasteiger partial charge is 0.371 e. The molecule has 3 amide bonds. The van der Waals surface area contributed by atoms with E-state index in [1.54, 1.807) is 20.2 Å². The Morgan fingerprint density at radius 3 is 2.41 bits per heavy atom. The third-order valence-corrected chi connectivity index (χ3v) is 6.66. The Kier molecular flexibility index (Phi) is 7.10. The van der Waals surface area contributed by atoms with Crippen molar-refractivity contribution in [1.29, 1.82) is 5.26 Å². The van der Waals surface area contributed by atoms with Gasteiger partial charge in [0.2, 0.25) is 17.7 Å². The number of nitrogens with one attached hydrogen (secondary N) is 1. The van der Waals surface area contributed by atoms with Crippen LogP contribution in [0, 0.1) is 16.7 Å². The fourth-order valence-electron chi connectivity index (χ4n) is 4.80. The summed E-state index contributed by atoms with van der Waals surface area (Å²) < 4.78 is 40.1. The summed E-state index contributed by atoms with van der Waals surface area (Å²) in [6.45, 7) is 2.38. The number of nitriles is 1. The molecular formula is C23H28F3N5O3. The lowest BCUT2D eigenvalue weighted by molar-refractivity contribution is -0.142. The maximum atomic E-state index is 13.4. The molecule has 1 atom stereocenters. The Bertz CT molecular complexity index is 1010. The monoisotopic (exact) mass is 479 g/mol. The number of rotatable bonds is 4. The van der Waals surface area contributed by atoms with Crippen molar-refractivity contribution >= 4 is 23.4 Å². The Morgan fingerprint density at radius 1 is 1.24 bits per heavy atom. The minimum atomic E-state index is -4.63. The average Bonchev–Trinajstić information content (AvgIpc) is 3.15. The lowest BCUT2D eigenvalue weighted by Crippen LogP contribution is -2.48. The number of piperidine rings is 1. The van der Waals surface area contributed by atoms with E-state index in [-0.39, 0.29) is 29.7 Å². The number of benzene rings is 1. The largest absolute Gasteiger partial charge is 0.417 e. The van der Waals surface area contributed by atoms with Crippen LogP contribution in [0.25, 0.3) is 0 Å². The summed E-state index contributed by atoms with van der Waals surface area (Å²) in [6, 6.07) is 4.66. The second kappa shape index (κ2) is 9.52. The van der Waals surface area contributed by atoms with Crippen molar-refractivity contribution in [2.24, 2.45) is 5.41 Å². The number of likely N-dealkylation sites (tertiary alicyclic amines) is 1. The molecule has 0 bridgehead atoms. The Balaban J connectivity index is 1.77. The van der Waals surface area contributed by atoms with Crippen LogP contribution < -0.4 is 10.2 Å². The van der Waals surface area contributed by atoms with Crippen LogP contribution in [0.4, 0.5) is 18.9 Å². The average molecular weight is 480 g/mol. The molecule has 1 N–H and O–H groups in total. The highest BCUT2D eigenvalue weighted by molar-refractivity contribution is 5.90. The van der Waals surface area contributed by atoms with Crippen LogP contribution in [0.2, 0.25) is 0 Å². The summed E-state index contributed by atoms with van der Waals surface area (Å²) in [5.74, 6) is -0.874. The predicted molar refractivity (Wildman–Crippen MR) is 118 cm³/mol. The highest BCUT2D eigenvalue weighted by Crippen LogP contribution is 2.45.